The van der Waals surface area contributed by atoms with Crippen LogP contribution in [0.1, 0.15) is 19.8 Å². The molecule has 1 aromatic heterocycles. The zero-order valence-corrected chi connectivity index (χ0v) is 14.0. The van der Waals surface area contributed by atoms with Crippen molar-refractivity contribution in [3.63, 3.8) is 0 Å². The molecule has 4 nitrogen and oxygen atoms in total. The number of hydrogen-bond donors (Lipinski definition) is 0. The average Bonchev–Trinajstić information content (AvgIpc) is 3.06. The van der Waals surface area contributed by atoms with E-state index in [1.54, 1.807) is 4.09 Å². The first kappa shape index (κ1) is 14.1. The highest BCUT2D eigenvalue weighted by atomic mass is 35.5. The van der Waals surface area contributed by atoms with E-state index >= 15 is 0 Å². The van der Waals surface area contributed by atoms with Crippen LogP contribution in [0.5, 0.6) is 0 Å². The Kier molecular flexibility index (Phi) is 2.83. The number of anilines is 1. The van der Waals surface area contributed by atoms with Crippen LogP contribution < -0.4 is 15.6 Å². The summed E-state index contributed by atoms with van der Waals surface area (Å²) in [6.45, 7) is 1.98. The molecule has 120 valence electrons. The number of carbonyl (C=O) groups excluding carboxylic acids is 1. The Balaban J connectivity index is 1.87. The van der Waals surface area contributed by atoms with Crippen molar-refractivity contribution in [1.82, 2.24) is 4.09 Å². The van der Waals surface area contributed by atoms with Crippen LogP contribution in [0.4, 0.5) is 11.4 Å². The number of ketones is 1. The first-order chi connectivity index (χ1) is 11.6. The van der Waals surface area contributed by atoms with E-state index < -0.39 is 0 Å². The smallest absolute Gasteiger partial charge is 0.157 e. The van der Waals surface area contributed by atoms with Crippen LogP contribution in [0.25, 0.3) is 5.70 Å². The molecule has 1 fully saturated rings. The monoisotopic (exact) mass is 337 g/mol. The SMILES string of the molecule is CC1C=C2C(CC1=O)CC1=c3ccn(Cl)c3=Nc3ccccc3N21. The molecule has 0 spiro atoms. The molecule has 2 aliphatic heterocycles. The van der Waals surface area contributed by atoms with Gasteiger partial charge in [0, 0.05) is 52.8 Å². The summed E-state index contributed by atoms with van der Waals surface area (Å²) in [4.78, 5) is 19.3. The molecule has 2 aromatic rings. The van der Waals surface area contributed by atoms with E-state index in [-0.39, 0.29) is 11.8 Å². The molecular formula is C19H16ClN3O. The van der Waals surface area contributed by atoms with Crippen molar-refractivity contribution >= 4 is 34.6 Å². The largest absolute Gasteiger partial charge is 0.315 e. The summed E-state index contributed by atoms with van der Waals surface area (Å²) in [7, 11) is 0. The number of nitrogens with zero attached hydrogens (tertiary/aromatic N) is 3. The van der Waals surface area contributed by atoms with Crippen LogP contribution in [0.2, 0.25) is 0 Å². The van der Waals surface area contributed by atoms with Gasteiger partial charge in [0.15, 0.2) is 5.49 Å². The summed E-state index contributed by atoms with van der Waals surface area (Å²) < 4.78 is 1.55. The molecule has 1 aliphatic carbocycles. The summed E-state index contributed by atoms with van der Waals surface area (Å²) in [5.74, 6) is 0.552. The quantitative estimate of drug-likeness (QED) is 0.741. The lowest BCUT2D eigenvalue weighted by atomic mass is 9.85. The van der Waals surface area contributed by atoms with E-state index in [9.17, 15) is 4.79 Å². The maximum Gasteiger partial charge on any atom is 0.157 e. The summed E-state index contributed by atoms with van der Waals surface area (Å²) in [6.07, 6.45) is 5.42. The summed E-state index contributed by atoms with van der Waals surface area (Å²) >= 11 is 6.31. The highest BCUT2D eigenvalue weighted by Gasteiger charge is 2.40. The van der Waals surface area contributed by atoms with Crippen LogP contribution in [-0.4, -0.2) is 9.87 Å². The lowest BCUT2D eigenvalue weighted by molar-refractivity contribution is -0.122. The highest BCUT2D eigenvalue weighted by molar-refractivity contribution is 6.15. The minimum absolute atomic E-state index is 0.0277. The normalized spacial score (nSPS) is 24.4. The fraction of sp³-hybridized carbons (Fsp3) is 0.263. The Labute approximate surface area is 144 Å². The third kappa shape index (κ3) is 1.80. The van der Waals surface area contributed by atoms with Crippen LogP contribution in [0, 0.1) is 11.8 Å². The Morgan fingerprint density at radius 1 is 1.21 bits per heavy atom. The number of para-hydroxylation sites is 2. The fourth-order valence-electron chi connectivity index (χ4n) is 4.04. The topological polar surface area (TPSA) is 37.6 Å². The molecular weight excluding hydrogens is 322 g/mol. The second kappa shape index (κ2) is 4.84. The Morgan fingerprint density at radius 2 is 2.04 bits per heavy atom. The minimum Gasteiger partial charge on any atom is -0.315 e. The van der Waals surface area contributed by atoms with E-state index in [4.69, 9.17) is 16.8 Å². The van der Waals surface area contributed by atoms with Gasteiger partial charge in [-0.2, -0.15) is 0 Å². The molecule has 0 saturated carbocycles. The summed E-state index contributed by atoms with van der Waals surface area (Å²) in [6, 6.07) is 10.1. The van der Waals surface area contributed by atoms with Crippen molar-refractivity contribution < 1.29 is 4.79 Å². The van der Waals surface area contributed by atoms with E-state index in [1.807, 2.05) is 37.4 Å². The zero-order valence-electron chi connectivity index (χ0n) is 13.2. The molecule has 5 heteroatoms. The van der Waals surface area contributed by atoms with Gasteiger partial charge in [-0.15, -0.1) is 0 Å². The second-order valence-corrected chi connectivity index (χ2v) is 7.06. The molecule has 3 aliphatic rings. The standard InChI is InChI=1S/C19H16ClN3O/c1-11-8-16-12(10-18(11)24)9-17-13-6-7-22(20)19(13)21-14-4-2-3-5-15(14)23(16)17/h2-8,11-12H,9-10H2,1H3. The predicted octanol–water partition coefficient (Wildman–Crippen LogP) is 2.88. The number of carbonyl (C=O) groups is 1. The first-order valence-electron chi connectivity index (χ1n) is 8.22. The van der Waals surface area contributed by atoms with Crippen LogP contribution in [0.3, 0.4) is 0 Å². The third-order valence-electron chi connectivity index (χ3n) is 5.24. The maximum absolute atomic E-state index is 12.2. The average molecular weight is 338 g/mol. The number of benzene rings is 1. The van der Waals surface area contributed by atoms with Crippen LogP contribution >= 0.6 is 11.8 Å². The number of aromatic nitrogens is 1. The lowest BCUT2D eigenvalue weighted by Crippen LogP contribution is -2.30. The van der Waals surface area contributed by atoms with Crippen molar-refractivity contribution in [3.05, 3.63) is 59.0 Å². The zero-order chi connectivity index (χ0) is 16.4. The van der Waals surface area contributed by atoms with E-state index in [0.717, 1.165) is 28.5 Å². The van der Waals surface area contributed by atoms with Crippen molar-refractivity contribution in [2.24, 2.45) is 16.8 Å². The van der Waals surface area contributed by atoms with Crippen molar-refractivity contribution in [3.8, 4) is 0 Å². The second-order valence-electron chi connectivity index (χ2n) is 6.70. The summed E-state index contributed by atoms with van der Waals surface area (Å²) in [5.41, 5.74) is 5.16. The van der Waals surface area contributed by atoms with Crippen LogP contribution in [0.15, 0.2) is 53.3 Å². The number of fused-ring (bicyclic) bond motifs is 6. The molecule has 0 bridgehead atoms. The van der Waals surface area contributed by atoms with Gasteiger partial charge in [-0.25, -0.2) is 9.08 Å². The molecule has 0 radical (unpaired) electrons. The Morgan fingerprint density at radius 3 is 2.92 bits per heavy atom. The molecule has 1 aromatic carbocycles. The van der Waals surface area contributed by atoms with E-state index in [2.05, 4.69) is 17.0 Å². The Hall–Kier alpha value is -2.33. The van der Waals surface area contributed by atoms with E-state index in [1.165, 1.54) is 11.4 Å². The minimum atomic E-state index is -0.0277. The van der Waals surface area contributed by atoms with Crippen molar-refractivity contribution in [1.29, 1.82) is 0 Å². The van der Waals surface area contributed by atoms with Crippen LogP contribution in [-0.2, 0) is 4.79 Å². The molecule has 2 unspecified atom stereocenters. The Bertz CT molecular complexity index is 1030. The van der Waals surface area contributed by atoms with Gasteiger partial charge in [-0.3, -0.25) is 4.79 Å². The van der Waals surface area contributed by atoms with E-state index in [0.29, 0.717) is 12.2 Å². The molecule has 0 N–H and O–H groups in total. The van der Waals surface area contributed by atoms with Gasteiger partial charge in [-0.05, 0) is 24.6 Å². The van der Waals surface area contributed by atoms with Gasteiger partial charge >= 0.3 is 0 Å². The van der Waals surface area contributed by atoms with Gasteiger partial charge < -0.3 is 4.90 Å². The van der Waals surface area contributed by atoms with Gasteiger partial charge in [0.1, 0.15) is 5.78 Å². The third-order valence-corrected chi connectivity index (χ3v) is 5.51. The van der Waals surface area contributed by atoms with Gasteiger partial charge in [0.2, 0.25) is 0 Å². The highest BCUT2D eigenvalue weighted by Crippen LogP contribution is 2.47. The summed E-state index contributed by atoms with van der Waals surface area (Å²) in [5, 5.41) is 1.05. The molecule has 1 saturated heterocycles. The molecule has 0 amide bonds. The lowest BCUT2D eigenvalue weighted by Gasteiger charge is -2.27. The maximum atomic E-state index is 12.2. The van der Waals surface area contributed by atoms with Crippen molar-refractivity contribution in [2.75, 3.05) is 4.90 Å². The molecule has 24 heavy (non-hydrogen) atoms. The van der Waals surface area contributed by atoms with Gasteiger partial charge in [0.25, 0.3) is 0 Å². The number of Topliss-reactive ketones (excluding diaryl/α,β-unsaturated/α-hetero) is 1. The van der Waals surface area contributed by atoms with Crippen molar-refractivity contribution in [2.45, 2.75) is 19.8 Å². The number of allylic oxidation sites excluding steroid dienone is 2. The number of halogens is 1. The number of hydrogen-bond acceptors (Lipinski definition) is 3. The molecule has 2 atom stereocenters. The number of rotatable bonds is 0. The first-order valence-corrected chi connectivity index (χ1v) is 8.56. The molecule has 5 rings (SSSR count). The van der Waals surface area contributed by atoms with Gasteiger partial charge in [-0.1, -0.05) is 25.1 Å². The fourth-order valence-corrected chi connectivity index (χ4v) is 4.23. The predicted molar refractivity (Wildman–Crippen MR) is 93.4 cm³/mol. The molecule has 3 heterocycles. The van der Waals surface area contributed by atoms with Gasteiger partial charge in [0.05, 0.1) is 11.4 Å².